The zero-order chi connectivity index (χ0) is 17.9. The molecule has 0 bridgehead atoms. The van der Waals surface area contributed by atoms with Crippen molar-refractivity contribution >= 4 is 0 Å². The van der Waals surface area contributed by atoms with Crippen molar-refractivity contribution in [2.45, 2.75) is 82.5 Å². The predicted octanol–water partition coefficient (Wildman–Crippen LogP) is 2.74. The molecular formula is C20H40CoN6O2. The fraction of sp³-hybridized carbons (Fsp3) is 0.800. The molecule has 1 radical (unpaired) electrons. The van der Waals surface area contributed by atoms with E-state index in [1.165, 1.54) is 51.4 Å². The van der Waals surface area contributed by atoms with E-state index in [1.807, 2.05) is 18.4 Å². The van der Waals surface area contributed by atoms with Gasteiger partial charge in [0.25, 0.3) is 0 Å². The zero-order valence-corrected chi connectivity index (χ0v) is 18.4. The summed E-state index contributed by atoms with van der Waals surface area (Å²) in [6.45, 7) is 3.10. The van der Waals surface area contributed by atoms with Crippen molar-refractivity contribution in [3.8, 4) is 0 Å². The second-order valence-corrected chi connectivity index (χ2v) is 7.41. The Kier molecular flexibility index (Phi) is 16.9. The molecule has 8 N–H and O–H groups in total. The molecule has 0 aromatic heterocycles. The second kappa shape index (κ2) is 17.2. The van der Waals surface area contributed by atoms with Crippen molar-refractivity contribution in [2.75, 3.05) is 19.6 Å². The number of allylic oxidation sites excluding steroid dienone is 2. The van der Waals surface area contributed by atoms with E-state index in [4.69, 9.17) is 0 Å². The molecule has 9 heteroatoms. The van der Waals surface area contributed by atoms with Gasteiger partial charge in [0.1, 0.15) is 0 Å². The molecule has 4 atom stereocenters. The van der Waals surface area contributed by atoms with Crippen LogP contribution in [-0.2, 0) is 27.7 Å². The number of rotatable bonds is 4. The van der Waals surface area contributed by atoms with Gasteiger partial charge in [0.05, 0.1) is 0 Å². The molecule has 8 nitrogen and oxygen atoms in total. The number of piperidine rings is 3. The summed E-state index contributed by atoms with van der Waals surface area (Å²) in [5.74, 6) is 0. The predicted molar refractivity (Wildman–Crippen MR) is 119 cm³/mol. The minimum atomic E-state index is 0. The van der Waals surface area contributed by atoms with Crippen molar-refractivity contribution in [3.05, 3.63) is 45.7 Å². The molecule has 0 aliphatic carbocycles. The molecule has 4 aliphatic heterocycles. The molecular weight excluding hydrogens is 415 g/mol. The summed E-state index contributed by atoms with van der Waals surface area (Å²) in [6.07, 6.45) is 20.4. The Morgan fingerprint density at radius 1 is 0.621 bits per heavy atom. The maximum atomic E-state index is 4.55. The van der Waals surface area contributed by atoms with E-state index in [1.54, 1.807) is 0 Å². The summed E-state index contributed by atoms with van der Waals surface area (Å²) in [5.41, 5.74) is 0. The number of nitrogens with zero attached hydrogens (tertiary/aromatic N) is 4. The molecule has 0 saturated carbocycles. The van der Waals surface area contributed by atoms with E-state index < -0.39 is 0 Å². The largest absolute Gasteiger partial charge is 2.00 e. The zero-order valence-electron chi connectivity index (χ0n) is 17.4. The molecule has 4 rings (SSSR count). The van der Waals surface area contributed by atoms with E-state index in [9.17, 15) is 0 Å². The third-order valence-electron chi connectivity index (χ3n) is 5.19. The molecule has 4 heterocycles. The molecule has 29 heavy (non-hydrogen) atoms. The SMILES string of the molecule is C1=C[N-]C(NC2CCCC[N-]2)C=C1.C1CCC(NC2CCCC[N-]2)[N-]C1.[Co+2].[OH3+].[OH3+]. The van der Waals surface area contributed by atoms with Crippen LogP contribution in [0.3, 0.4) is 0 Å². The fourth-order valence-electron chi connectivity index (χ4n) is 3.70. The second-order valence-electron chi connectivity index (χ2n) is 7.41. The van der Waals surface area contributed by atoms with Gasteiger partial charge in [-0.3, -0.25) is 0 Å². The summed E-state index contributed by atoms with van der Waals surface area (Å²) >= 11 is 0. The van der Waals surface area contributed by atoms with Gasteiger partial charge in [0.2, 0.25) is 0 Å². The van der Waals surface area contributed by atoms with Gasteiger partial charge >= 0.3 is 16.8 Å². The van der Waals surface area contributed by atoms with Crippen LogP contribution in [-0.4, -0.2) is 44.3 Å². The third kappa shape index (κ3) is 11.5. The maximum Gasteiger partial charge on any atom is 2.00 e. The Labute approximate surface area is 186 Å². The molecule has 3 fully saturated rings. The molecule has 3 saturated heterocycles. The van der Waals surface area contributed by atoms with Crippen molar-refractivity contribution in [2.24, 2.45) is 0 Å². The molecule has 4 aliphatic rings. The van der Waals surface area contributed by atoms with Gasteiger partial charge in [-0.05, 0) is 6.17 Å². The third-order valence-corrected chi connectivity index (χ3v) is 5.19. The van der Waals surface area contributed by atoms with E-state index in [0.717, 1.165) is 26.1 Å². The average Bonchev–Trinajstić information content (AvgIpc) is 2.72. The van der Waals surface area contributed by atoms with E-state index in [0.29, 0.717) is 18.5 Å². The van der Waals surface area contributed by atoms with Crippen LogP contribution in [0.2, 0.25) is 0 Å². The Hall–Kier alpha value is -0.494. The van der Waals surface area contributed by atoms with Crippen LogP contribution in [0.1, 0.15) is 57.8 Å². The van der Waals surface area contributed by atoms with Crippen LogP contribution in [0, 0.1) is 0 Å². The van der Waals surface area contributed by atoms with Crippen LogP contribution in [0.25, 0.3) is 21.3 Å². The maximum absolute atomic E-state index is 4.55. The molecule has 4 unspecified atom stereocenters. The first kappa shape index (κ1) is 28.5. The Bertz CT molecular complexity index is 421. The Balaban J connectivity index is 0.000000490. The van der Waals surface area contributed by atoms with Crippen molar-refractivity contribution in [1.82, 2.24) is 10.6 Å². The van der Waals surface area contributed by atoms with E-state index in [-0.39, 0.29) is 33.9 Å². The van der Waals surface area contributed by atoms with Crippen molar-refractivity contribution < 1.29 is 27.7 Å². The summed E-state index contributed by atoms with van der Waals surface area (Å²) < 4.78 is 0. The smallest absolute Gasteiger partial charge is 0.673 e. The number of hydrogen-bond acceptors (Lipinski definition) is 2. The summed E-state index contributed by atoms with van der Waals surface area (Å²) in [5, 5.41) is 24.8. The van der Waals surface area contributed by atoms with E-state index >= 15 is 0 Å². The first-order valence-electron chi connectivity index (χ1n) is 10.5. The topological polar surface area (TPSA) is 146 Å². The minimum absolute atomic E-state index is 0. The summed E-state index contributed by atoms with van der Waals surface area (Å²) in [4.78, 5) is 0. The average molecular weight is 456 g/mol. The summed E-state index contributed by atoms with van der Waals surface area (Å²) in [6, 6.07) is 0. The van der Waals surface area contributed by atoms with Crippen LogP contribution in [0.4, 0.5) is 0 Å². The van der Waals surface area contributed by atoms with Crippen molar-refractivity contribution in [3.63, 3.8) is 0 Å². The quantitative estimate of drug-likeness (QED) is 0.628. The van der Waals surface area contributed by atoms with Crippen LogP contribution < -0.4 is 10.6 Å². The number of nitrogens with one attached hydrogen (secondary N) is 2. The molecule has 0 spiro atoms. The number of hydrogen-bond donors (Lipinski definition) is 2. The molecule has 0 aromatic rings. The van der Waals surface area contributed by atoms with Gasteiger partial charge in [0.15, 0.2) is 0 Å². The fourth-order valence-corrected chi connectivity index (χ4v) is 3.70. The van der Waals surface area contributed by atoms with Gasteiger partial charge in [0, 0.05) is 0 Å². The van der Waals surface area contributed by atoms with Crippen molar-refractivity contribution in [1.29, 1.82) is 0 Å². The molecule has 171 valence electrons. The standard InChI is InChI=1S/C10H19N3.C10H15N3.Co.2H2O/c2*1-3-7-11-9(5-1)13-10-6-2-4-8-12-10;;;/h9-10,13H,1-8H2;1,3,5,7,9-10,13H,2,4,6,8H2;;2*1H2/q2*-2;+2;;/p+2. The van der Waals surface area contributed by atoms with Gasteiger partial charge in [-0.25, -0.2) is 0 Å². The normalized spacial score (nSPS) is 30.9. The minimum Gasteiger partial charge on any atom is -0.673 e. The Morgan fingerprint density at radius 2 is 1.10 bits per heavy atom. The van der Waals surface area contributed by atoms with Gasteiger partial charge in [-0.2, -0.15) is 6.20 Å². The first-order valence-corrected chi connectivity index (χ1v) is 10.5. The Morgan fingerprint density at radius 3 is 1.48 bits per heavy atom. The first-order chi connectivity index (χ1) is 12.9. The molecule has 0 amide bonds. The van der Waals surface area contributed by atoms with Crippen LogP contribution in [0.5, 0.6) is 0 Å². The summed E-state index contributed by atoms with van der Waals surface area (Å²) in [7, 11) is 0. The van der Waals surface area contributed by atoms with Crippen LogP contribution in [0.15, 0.2) is 24.4 Å². The van der Waals surface area contributed by atoms with E-state index in [2.05, 4.69) is 38.0 Å². The van der Waals surface area contributed by atoms with Gasteiger partial charge < -0.3 is 42.9 Å². The van der Waals surface area contributed by atoms with Gasteiger partial charge in [-0.1, -0.05) is 94.5 Å². The van der Waals surface area contributed by atoms with Gasteiger partial charge in [-0.15, -0.1) is 19.6 Å². The molecule has 0 aromatic carbocycles. The monoisotopic (exact) mass is 455 g/mol. The van der Waals surface area contributed by atoms with Crippen LogP contribution >= 0.6 is 0 Å².